The average molecular weight is 276 g/mol. The molecule has 14 heavy (non-hydrogen) atoms. The molecule has 0 radical (unpaired) electrons. The van der Waals surface area contributed by atoms with Crippen LogP contribution in [0.25, 0.3) is 0 Å². The van der Waals surface area contributed by atoms with Crippen LogP contribution in [0.2, 0.25) is 0 Å². The second kappa shape index (κ2) is 5.77. The van der Waals surface area contributed by atoms with Crippen molar-refractivity contribution in [1.29, 1.82) is 0 Å². The lowest BCUT2D eigenvalue weighted by Gasteiger charge is -2.11. The fourth-order valence-electron chi connectivity index (χ4n) is 1.32. The molecule has 1 unspecified atom stereocenters. The van der Waals surface area contributed by atoms with E-state index in [1.165, 1.54) is 12.0 Å². The monoisotopic (exact) mass is 274 g/mol. The highest BCUT2D eigenvalue weighted by Gasteiger charge is 2.08. The van der Waals surface area contributed by atoms with Gasteiger partial charge in [-0.2, -0.15) is 0 Å². The maximum Gasteiger partial charge on any atom is 0.0585 e. The lowest BCUT2D eigenvalue weighted by atomic mass is 10.0. The highest BCUT2D eigenvalue weighted by Crippen LogP contribution is 2.28. The van der Waals surface area contributed by atoms with Gasteiger partial charge in [-0.3, -0.25) is 0 Å². The Morgan fingerprint density at radius 2 is 1.71 bits per heavy atom. The summed E-state index contributed by atoms with van der Waals surface area (Å²) < 4.78 is 1.11. The van der Waals surface area contributed by atoms with Crippen LogP contribution in [0.15, 0.2) is 28.7 Å². The summed E-state index contributed by atoms with van der Waals surface area (Å²) in [5, 5.41) is 0.158. The van der Waals surface area contributed by atoms with Crippen molar-refractivity contribution in [1.82, 2.24) is 0 Å². The molecule has 0 aromatic heterocycles. The predicted molar refractivity (Wildman–Crippen MR) is 66.8 cm³/mol. The third-order valence-electron chi connectivity index (χ3n) is 2.23. The molecule has 0 amide bonds. The van der Waals surface area contributed by atoms with E-state index in [4.69, 9.17) is 11.6 Å². The molecule has 0 saturated heterocycles. The van der Waals surface area contributed by atoms with Crippen molar-refractivity contribution in [3.63, 3.8) is 0 Å². The standard InChI is InChI=1S/C12H16BrCl/c1-9(2)3-8-12(14)10-4-6-11(13)7-5-10/h4-7,9,12H,3,8H2,1-2H3. The van der Waals surface area contributed by atoms with Gasteiger partial charge in [0, 0.05) is 4.47 Å². The van der Waals surface area contributed by atoms with E-state index < -0.39 is 0 Å². The van der Waals surface area contributed by atoms with Crippen LogP contribution in [-0.2, 0) is 0 Å². The molecule has 0 spiro atoms. The van der Waals surface area contributed by atoms with Gasteiger partial charge in [-0.25, -0.2) is 0 Å². The zero-order chi connectivity index (χ0) is 10.6. The van der Waals surface area contributed by atoms with E-state index in [0.29, 0.717) is 0 Å². The summed E-state index contributed by atoms with van der Waals surface area (Å²) in [4.78, 5) is 0. The van der Waals surface area contributed by atoms with Crippen molar-refractivity contribution in [2.75, 3.05) is 0 Å². The Balaban J connectivity index is 2.52. The van der Waals surface area contributed by atoms with E-state index >= 15 is 0 Å². The molecule has 0 bridgehead atoms. The van der Waals surface area contributed by atoms with Gasteiger partial charge in [-0.15, -0.1) is 11.6 Å². The minimum absolute atomic E-state index is 0.158. The first-order valence-corrected chi connectivity index (χ1v) is 6.22. The Morgan fingerprint density at radius 1 is 1.14 bits per heavy atom. The second-order valence-corrected chi connectivity index (χ2v) is 5.43. The maximum atomic E-state index is 6.29. The lowest BCUT2D eigenvalue weighted by molar-refractivity contribution is 0.549. The summed E-state index contributed by atoms with van der Waals surface area (Å²) >= 11 is 9.70. The van der Waals surface area contributed by atoms with Crippen molar-refractivity contribution < 1.29 is 0 Å². The van der Waals surface area contributed by atoms with E-state index in [-0.39, 0.29) is 5.38 Å². The Hall–Kier alpha value is -0.0100. The molecule has 0 aliphatic heterocycles. The van der Waals surface area contributed by atoms with Crippen LogP contribution in [0.5, 0.6) is 0 Å². The van der Waals surface area contributed by atoms with Gasteiger partial charge >= 0.3 is 0 Å². The minimum Gasteiger partial charge on any atom is -0.118 e. The SMILES string of the molecule is CC(C)CCC(Cl)c1ccc(Br)cc1. The first-order chi connectivity index (χ1) is 6.59. The van der Waals surface area contributed by atoms with Crippen LogP contribution in [-0.4, -0.2) is 0 Å². The Bertz CT molecular complexity index is 266. The molecule has 0 fully saturated rings. The van der Waals surface area contributed by atoms with E-state index in [2.05, 4.69) is 41.9 Å². The summed E-state index contributed by atoms with van der Waals surface area (Å²) in [6.07, 6.45) is 2.24. The molecule has 1 atom stereocenters. The van der Waals surface area contributed by atoms with E-state index in [9.17, 15) is 0 Å². The summed E-state index contributed by atoms with van der Waals surface area (Å²) in [5.41, 5.74) is 1.22. The van der Waals surface area contributed by atoms with Gasteiger partial charge in [-0.05, 0) is 36.5 Å². The van der Waals surface area contributed by atoms with Gasteiger partial charge in [0.2, 0.25) is 0 Å². The van der Waals surface area contributed by atoms with Crippen molar-refractivity contribution in [2.24, 2.45) is 5.92 Å². The quantitative estimate of drug-likeness (QED) is 0.665. The molecule has 2 heteroatoms. The summed E-state index contributed by atoms with van der Waals surface area (Å²) in [6.45, 7) is 4.45. The molecule has 78 valence electrons. The van der Waals surface area contributed by atoms with E-state index in [1.807, 2.05) is 12.1 Å². The molecule has 1 rings (SSSR count). The molecule has 0 saturated carbocycles. The number of halogens is 2. The first-order valence-electron chi connectivity index (χ1n) is 4.99. The third kappa shape index (κ3) is 4.02. The van der Waals surface area contributed by atoms with Gasteiger partial charge < -0.3 is 0 Å². The molecular formula is C12H16BrCl. The highest BCUT2D eigenvalue weighted by molar-refractivity contribution is 9.10. The van der Waals surface area contributed by atoms with Gasteiger partial charge in [0.25, 0.3) is 0 Å². The summed E-state index contributed by atoms with van der Waals surface area (Å²) in [7, 11) is 0. The Morgan fingerprint density at radius 3 is 2.21 bits per heavy atom. The first kappa shape index (κ1) is 12.1. The molecule has 0 heterocycles. The highest BCUT2D eigenvalue weighted by atomic mass is 79.9. The van der Waals surface area contributed by atoms with Crippen molar-refractivity contribution >= 4 is 27.5 Å². The molecule has 0 aliphatic carbocycles. The van der Waals surface area contributed by atoms with Crippen LogP contribution in [0.1, 0.15) is 37.6 Å². The molecule has 1 aromatic rings. The number of benzene rings is 1. The number of hydrogen-bond acceptors (Lipinski definition) is 0. The average Bonchev–Trinajstić information content (AvgIpc) is 2.15. The normalized spacial score (nSPS) is 13.2. The smallest absolute Gasteiger partial charge is 0.0585 e. The topological polar surface area (TPSA) is 0 Å². The molecule has 0 nitrogen and oxygen atoms in total. The Labute approximate surface area is 99.8 Å². The van der Waals surface area contributed by atoms with E-state index in [0.717, 1.165) is 16.8 Å². The Kier molecular flexibility index (Phi) is 4.97. The minimum atomic E-state index is 0.158. The zero-order valence-corrected chi connectivity index (χ0v) is 11.0. The lowest BCUT2D eigenvalue weighted by Crippen LogP contribution is -1.94. The number of hydrogen-bond donors (Lipinski definition) is 0. The zero-order valence-electron chi connectivity index (χ0n) is 8.63. The molecule has 0 aliphatic rings. The fourth-order valence-corrected chi connectivity index (χ4v) is 1.85. The van der Waals surface area contributed by atoms with Crippen LogP contribution in [0.4, 0.5) is 0 Å². The van der Waals surface area contributed by atoms with Crippen LogP contribution in [0, 0.1) is 5.92 Å². The predicted octanol–water partition coefficient (Wildman–Crippen LogP) is 5.17. The summed E-state index contributed by atoms with van der Waals surface area (Å²) in [5.74, 6) is 0.728. The summed E-state index contributed by atoms with van der Waals surface area (Å²) in [6, 6.07) is 8.25. The van der Waals surface area contributed by atoms with Crippen molar-refractivity contribution in [3.05, 3.63) is 34.3 Å². The number of rotatable bonds is 4. The van der Waals surface area contributed by atoms with Gasteiger partial charge in [-0.1, -0.05) is 41.9 Å². The van der Waals surface area contributed by atoms with E-state index in [1.54, 1.807) is 0 Å². The van der Waals surface area contributed by atoms with Crippen molar-refractivity contribution in [2.45, 2.75) is 32.1 Å². The van der Waals surface area contributed by atoms with Crippen LogP contribution >= 0.6 is 27.5 Å². The van der Waals surface area contributed by atoms with Crippen LogP contribution < -0.4 is 0 Å². The third-order valence-corrected chi connectivity index (χ3v) is 3.23. The van der Waals surface area contributed by atoms with Crippen molar-refractivity contribution in [3.8, 4) is 0 Å². The number of alkyl halides is 1. The molecule has 1 aromatic carbocycles. The largest absolute Gasteiger partial charge is 0.118 e. The van der Waals surface area contributed by atoms with Gasteiger partial charge in [0.15, 0.2) is 0 Å². The second-order valence-electron chi connectivity index (χ2n) is 3.99. The molecule has 0 N–H and O–H groups in total. The molecular weight excluding hydrogens is 259 g/mol. The fraction of sp³-hybridized carbons (Fsp3) is 0.500. The van der Waals surface area contributed by atoms with Gasteiger partial charge in [0.1, 0.15) is 0 Å². The van der Waals surface area contributed by atoms with Gasteiger partial charge in [0.05, 0.1) is 5.38 Å². The van der Waals surface area contributed by atoms with Crippen LogP contribution in [0.3, 0.4) is 0 Å². The maximum absolute atomic E-state index is 6.29.